The van der Waals surface area contributed by atoms with Crippen LogP contribution in [0.5, 0.6) is 0 Å². The Morgan fingerprint density at radius 1 is 1.53 bits per heavy atom. The average molecular weight is 227 g/mol. The molecule has 5 heteroatoms. The molecule has 0 aliphatic rings. The third-order valence-electron chi connectivity index (χ3n) is 2.37. The van der Waals surface area contributed by atoms with E-state index in [1.165, 1.54) is 0 Å². The summed E-state index contributed by atoms with van der Waals surface area (Å²) in [5.41, 5.74) is 8.05. The Bertz CT molecular complexity index is 565. The minimum atomic E-state index is 0.594. The molecule has 0 radical (unpaired) electrons. The van der Waals surface area contributed by atoms with E-state index in [0.717, 1.165) is 5.56 Å². The van der Waals surface area contributed by atoms with Gasteiger partial charge in [0.2, 0.25) is 0 Å². The maximum Gasteiger partial charge on any atom is 0.171 e. The van der Waals surface area contributed by atoms with Crippen molar-refractivity contribution in [3.05, 3.63) is 41.6 Å². The zero-order valence-electron chi connectivity index (χ0n) is 9.51. The topological polar surface area (TPSA) is 79.7 Å². The zero-order chi connectivity index (χ0) is 12.3. The highest BCUT2D eigenvalue weighted by molar-refractivity contribution is 5.59. The lowest BCUT2D eigenvalue weighted by molar-refractivity contribution is 0.768. The number of nitrogens with one attached hydrogen (secondary N) is 1. The normalized spacial score (nSPS) is 9.88. The van der Waals surface area contributed by atoms with Gasteiger partial charge in [-0.2, -0.15) is 10.4 Å². The quantitative estimate of drug-likeness (QED) is 0.832. The van der Waals surface area contributed by atoms with Crippen molar-refractivity contribution in [1.82, 2.24) is 9.78 Å². The summed E-state index contributed by atoms with van der Waals surface area (Å²) in [4.78, 5) is 0. The summed E-state index contributed by atoms with van der Waals surface area (Å²) in [6.07, 6.45) is 1.74. The summed E-state index contributed by atoms with van der Waals surface area (Å²) >= 11 is 0. The second-order valence-electron chi connectivity index (χ2n) is 3.77. The molecule has 0 aliphatic heterocycles. The van der Waals surface area contributed by atoms with Crippen LogP contribution in [0.4, 0.5) is 11.5 Å². The van der Waals surface area contributed by atoms with E-state index in [1.807, 2.05) is 25.2 Å². The van der Waals surface area contributed by atoms with Gasteiger partial charge in [0.1, 0.15) is 0 Å². The minimum Gasteiger partial charge on any atom is -0.394 e. The van der Waals surface area contributed by atoms with Crippen LogP contribution < -0.4 is 11.1 Å². The molecule has 2 rings (SSSR count). The first-order valence-corrected chi connectivity index (χ1v) is 5.21. The van der Waals surface area contributed by atoms with E-state index in [0.29, 0.717) is 23.6 Å². The standard InChI is InChI=1S/C12H13N5/c1-17-8-11(14)12(16-17)15-7-10-4-2-3-9(5-10)6-13/h2-5,8H,7,14H2,1H3,(H,15,16). The molecule has 0 saturated carbocycles. The highest BCUT2D eigenvalue weighted by Crippen LogP contribution is 2.15. The lowest BCUT2D eigenvalue weighted by Gasteiger charge is -2.04. The number of nitrogen functional groups attached to an aromatic ring is 1. The molecule has 2 aromatic rings. The summed E-state index contributed by atoms with van der Waals surface area (Å²) in [5, 5.41) is 16.1. The van der Waals surface area contributed by atoms with Gasteiger partial charge in [0.25, 0.3) is 0 Å². The first-order valence-electron chi connectivity index (χ1n) is 5.21. The first-order chi connectivity index (χ1) is 8.19. The average Bonchev–Trinajstić information content (AvgIpc) is 2.65. The third kappa shape index (κ3) is 2.55. The van der Waals surface area contributed by atoms with E-state index >= 15 is 0 Å². The SMILES string of the molecule is Cn1cc(N)c(NCc2cccc(C#N)c2)n1. The molecular weight excluding hydrogens is 214 g/mol. The van der Waals surface area contributed by atoms with Crippen molar-refractivity contribution in [1.29, 1.82) is 5.26 Å². The molecule has 1 heterocycles. The van der Waals surface area contributed by atoms with Crippen molar-refractivity contribution >= 4 is 11.5 Å². The van der Waals surface area contributed by atoms with Crippen LogP contribution in [0.2, 0.25) is 0 Å². The fourth-order valence-corrected chi connectivity index (χ4v) is 1.58. The van der Waals surface area contributed by atoms with E-state index < -0.39 is 0 Å². The molecule has 0 saturated heterocycles. The van der Waals surface area contributed by atoms with Gasteiger partial charge in [0, 0.05) is 19.8 Å². The molecule has 86 valence electrons. The number of anilines is 2. The number of nitrogens with zero attached hydrogens (tertiary/aromatic N) is 3. The van der Waals surface area contributed by atoms with Crippen LogP contribution in [-0.4, -0.2) is 9.78 Å². The number of nitriles is 1. The zero-order valence-corrected chi connectivity index (χ0v) is 9.51. The van der Waals surface area contributed by atoms with Crippen molar-refractivity contribution in [2.24, 2.45) is 7.05 Å². The molecule has 0 unspecified atom stereocenters. The largest absolute Gasteiger partial charge is 0.394 e. The van der Waals surface area contributed by atoms with Crippen molar-refractivity contribution < 1.29 is 0 Å². The molecule has 0 amide bonds. The number of nitrogens with two attached hydrogens (primary N) is 1. The van der Waals surface area contributed by atoms with E-state index in [4.69, 9.17) is 11.0 Å². The predicted molar refractivity (Wildman–Crippen MR) is 66.1 cm³/mol. The van der Waals surface area contributed by atoms with Gasteiger partial charge in [0.15, 0.2) is 5.82 Å². The molecule has 17 heavy (non-hydrogen) atoms. The van der Waals surface area contributed by atoms with Gasteiger partial charge in [0.05, 0.1) is 17.3 Å². The van der Waals surface area contributed by atoms with Gasteiger partial charge in [-0.3, -0.25) is 4.68 Å². The Balaban J connectivity index is 2.07. The number of aromatic nitrogens is 2. The molecule has 0 spiro atoms. The van der Waals surface area contributed by atoms with Crippen molar-refractivity contribution in [2.75, 3.05) is 11.1 Å². The van der Waals surface area contributed by atoms with E-state index in [-0.39, 0.29) is 0 Å². The van der Waals surface area contributed by atoms with Crippen molar-refractivity contribution in [3.63, 3.8) is 0 Å². The Morgan fingerprint density at radius 2 is 2.35 bits per heavy atom. The van der Waals surface area contributed by atoms with Crippen LogP contribution >= 0.6 is 0 Å². The summed E-state index contributed by atoms with van der Waals surface area (Å²) in [7, 11) is 1.82. The second kappa shape index (κ2) is 4.58. The number of benzene rings is 1. The highest BCUT2D eigenvalue weighted by atomic mass is 15.3. The molecular formula is C12H13N5. The highest BCUT2D eigenvalue weighted by Gasteiger charge is 2.03. The molecule has 0 bridgehead atoms. The second-order valence-corrected chi connectivity index (χ2v) is 3.77. The summed E-state index contributed by atoms with van der Waals surface area (Å²) in [5.74, 6) is 0.662. The Hall–Kier alpha value is -2.48. The summed E-state index contributed by atoms with van der Waals surface area (Å²) in [6, 6.07) is 9.53. The van der Waals surface area contributed by atoms with Crippen LogP contribution in [0.15, 0.2) is 30.5 Å². The number of hydrogen-bond acceptors (Lipinski definition) is 4. The van der Waals surface area contributed by atoms with E-state index in [1.54, 1.807) is 16.9 Å². The van der Waals surface area contributed by atoms with Crippen LogP contribution in [0.25, 0.3) is 0 Å². The van der Waals surface area contributed by atoms with Gasteiger partial charge >= 0.3 is 0 Å². The van der Waals surface area contributed by atoms with Gasteiger partial charge < -0.3 is 11.1 Å². The lowest BCUT2D eigenvalue weighted by atomic mass is 10.1. The van der Waals surface area contributed by atoms with Crippen LogP contribution in [-0.2, 0) is 13.6 Å². The van der Waals surface area contributed by atoms with Gasteiger partial charge in [-0.15, -0.1) is 0 Å². The maximum atomic E-state index is 8.79. The van der Waals surface area contributed by atoms with Gasteiger partial charge in [-0.05, 0) is 17.7 Å². The summed E-state index contributed by atoms with van der Waals surface area (Å²) in [6.45, 7) is 0.594. The molecule has 3 N–H and O–H groups in total. The smallest absolute Gasteiger partial charge is 0.171 e. The fourth-order valence-electron chi connectivity index (χ4n) is 1.58. The number of aryl methyl sites for hydroxylation is 1. The molecule has 0 fully saturated rings. The summed E-state index contributed by atoms with van der Waals surface area (Å²) < 4.78 is 1.66. The van der Waals surface area contributed by atoms with E-state index in [2.05, 4.69) is 16.5 Å². The Morgan fingerprint density at radius 3 is 3.00 bits per heavy atom. The monoisotopic (exact) mass is 227 g/mol. The van der Waals surface area contributed by atoms with Gasteiger partial charge in [-0.25, -0.2) is 0 Å². The number of rotatable bonds is 3. The molecule has 1 aromatic carbocycles. The predicted octanol–water partition coefficient (Wildman–Crippen LogP) is 1.49. The lowest BCUT2D eigenvalue weighted by Crippen LogP contribution is -2.02. The number of hydrogen-bond donors (Lipinski definition) is 2. The minimum absolute atomic E-state index is 0.594. The van der Waals surface area contributed by atoms with Crippen LogP contribution in [0, 0.1) is 11.3 Å². The Labute approximate surface area is 99.5 Å². The van der Waals surface area contributed by atoms with Crippen molar-refractivity contribution in [2.45, 2.75) is 6.54 Å². The fraction of sp³-hybridized carbons (Fsp3) is 0.167. The molecule has 0 atom stereocenters. The van der Waals surface area contributed by atoms with Crippen LogP contribution in [0.3, 0.4) is 0 Å². The third-order valence-corrected chi connectivity index (χ3v) is 2.37. The Kier molecular flexibility index (Phi) is 2.97. The first kappa shape index (κ1) is 11.0. The van der Waals surface area contributed by atoms with E-state index in [9.17, 15) is 0 Å². The van der Waals surface area contributed by atoms with Crippen molar-refractivity contribution in [3.8, 4) is 6.07 Å². The molecule has 5 nitrogen and oxygen atoms in total. The molecule has 0 aliphatic carbocycles. The molecule has 1 aromatic heterocycles. The van der Waals surface area contributed by atoms with Crippen LogP contribution in [0.1, 0.15) is 11.1 Å². The maximum absolute atomic E-state index is 8.79. The van der Waals surface area contributed by atoms with Gasteiger partial charge in [-0.1, -0.05) is 12.1 Å².